The monoisotopic (exact) mass is 141 g/mol. The van der Waals surface area contributed by atoms with Crippen molar-refractivity contribution in [2.24, 2.45) is 7.05 Å². The van der Waals surface area contributed by atoms with Crippen molar-refractivity contribution in [1.29, 1.82) is 0 Å². The van der Waals surface area contributed by atoms with E-state index in [1.54, 1.807) is 0 Å². The van der Waals surface area contributed by atoms with Gasteiger partial charge in [-0.25, -0.2) is 0 Å². The maximum absolute atomic E-state index is 9.16. The summed E-state index contributed by atoms with van der Waals surface area (Å²) in [6.07, 6.45) is 1.05. The molecular weight excluding hydrogens is 130 g/mol. The van der Waals surface area contributed by atoms with Crippen molar-refractivity contribution in [2.75, 3.05) is 7.11 Å². The topological polar surface area (TPSA) is 34.4 Å². The molecule has 0 bridgehead atoms. The molecule has 1 unspecified atom stereocenters. The number of aryl methyl sites for hydroxylation is 1. The molecule has 0 aliphatic carbocycles. The van der Waals surface area contributed by atoms with Gasteiger partial charge in [0.25, 0.3) is 0 Å². The van der Waals surface area contributed by atoms with Gasteiger partial charge in [0.1, 0.15) is 0 Å². The van der Waals surface area contributed by atoms with Gasteiger partial charge in [-0.2, -0.15) is 0 Å². The van der Waals surface area contributed by atoms with Gasteiger partial charge < -0.3 is 14.4 Å². The van der Waals surface area contributed by atoms with Crippen molar-refractivity contribution < 1.29 is 9.84 Å². The first-order chi connectivity index (χ1) is 4.75. The minimum absolute atomic E-state index is 0.766. The lowest BCUT2D eigenvalue weighted by molar-refractivity contribution is -0.0815. The number of aliphatic hydroxyl groups is 1. The summed E-state index contributed by atoms with van der Waals surface area (Å²) in [5.74, 6) is 0. The third-order valence-electron chi connectivity index (χ3n) is 1.46. The van der Waals surface area contributed by atoms with E-state index in [9.17, 15) is 0 Å². The van der Waals surface area contributed by atoms with E-state index in [1.807, 2.05) is 29.9 Å². The predicted molar refractivity (Wildman–Crippen MR) is 37.4 cm³/mol. The van der Waals surface area contributed by atoms with Crippen LogP contribution in [0.25, 0.3) is 0 Å². The molecule has 3 heteroatoms. The van der Waals surface area contributed by atoms with E-state index in [4.69, 9.17) is 9.84 Å². The molecule has 0 fully saturated rings. The van der Waals surface area contributed by atoms with Gasteiger partial charge >= 0.3 is 0 Å². The molecule has 56 valence electrons. The third-order valence-corrected chi connectivity index (χ3v) is 1.46. The number of nitrogens with zero attached hydrogens (tertiary/aromatic N) is 1. The summed E-state index contributed by atoms with van der Waals surface area (Å²) in [5.41, 5.74) is 0.766. The molecule has 1 heterocycles. The standard InChI is InChI=1S/C7H11NO2/c1-8-5-3-4-6(8)7(9)10-2/h3-5,7,9H,1-2H3. The molecule has 1 atom stereocenters. The van der Waals surface area contributed by atoms with Crippen molar-refractivity contribution in [3.05, 3.63) is 24.0 Å². The lowest BCUT2D eigenvalue weighted by Gasteiger charge is -2.08. The Morgan fingerprint density at radius 1 is 1.70 bits per heavy atom. The molecule has 0 saturated carbocycles. The maximum atomic E-state index is 9.16. The molecule has 10 heavy (non-hydrogen) atoms. The third kappa shape index (κ3) is 1.20. The first-order valence-corrected chi connectivity index (χ1v) is 3.08. The number of rotatable bonds is 2. The molecule has 1 rings (SSSR count). The highest BCUT2D eigenvalue weighted by molar-refractivity contribution is 5.07. The van der Waals surface area contributed by atoms with Crippen LogP contribution in [0.2, 0.25) is 0 Å². The first kappa shape index (κ1) is 7.31. The molecule has 1 aromatic rings. The van der Waals surface area contributed by atoms with Crippen LogP contribution in [0.1, 0.15) is 12.0 Å². The highest BCUT2D eigenvalue weighted by atomic mass is 16.6. The lowest BCUT2D eigenvalue weighted by Crippen LogP contribution is -2.04. The average Bonchev–Trinajstić information content (AvgIpc) is 2.34. The lowest BCUT2D eigenvalue weighted by atomic mass is 10.4. The van der Waals surface area contributed by atoms with Gasteiger partial charge in [0.15, 0.2) is 6.29 Å². The van der Waals surface area contributed by atoms with E-state index in [0.717, 1.165) is 5.69 Å². The Morgan fingerprint density at radius 3 is 2.80 bits per heavy atom. The van der Waals surface area contributed by atoms with Crippen LogP contribution in [0.15, 0.2) is 18.3 Å². The molecule has 0 radical (unpaired) electrons. The minimum atomic E-state index is -0.806. The van der Waals surface area contributed by atoms with E-state index in [1.165, 1.54) is 7.11 Å². The predicted octanol–water partition coefficient (Wildman–Crippen LogP) is 0.662. The minimum Gasteiger partial charge on any atom is -0.363 e. The van der Waals surface area contributed by atoms with Crippen molar-refractivity contribution in [2.45, 2.75) is 6.29 Å². The summed E-state index contributed by atoms with van der Waals surface area (Å²) in [6.45, 7) is 0. The summed E-state index contributed by atoms with van der Waals surface area (Å²) in [5, 5.41) is 9.16. The zero-order valence-electron chi connectivity index (χ0n) is 6.11. The molecule has 0 aromatic carbocycles. The Hall–Kier alpha value is -0.800. The van der Waals surface area contributed by atoms with Crippen LogP contribution in [-0.2, 0) is 11.8 Å². The fraction of sp³-hybridized carbons (Fsp3) is 0.429. The van der Waals surface area contributed by atoms with Crippen LogP contribution < -0.4 is 0 Å². The Labute approximate surface area is 59.9 Å². The second kappa shape index (κ2) is 2.86. The Bertz CT molecular complexity index is 207. The highest BCUT2D eigenvalue weighted by Crippen LogP contribution is 2.11. The van der Waals surface area contributed by atoms with E-state index in [0.29, 0.717) is 0 Å². The van der Waals surface area contributed by atoms with Gasteiger partial charge in [-0.3, -0.25) is 0 Å². The number of aliphatic hydroxyl groups excluding tert-OH is 1. The van der Waals surface area contributed by atoms with Crippen LogP contribution in [-0.4, -0.2) is 16.8 Å². The first-order valence-electron chi connectivity index (χ1n) is 3.08. The van der Waals surface area contributed by atoms with Crippen molar-refractivity contribution >= 4 is 0 Å². The SMILES string of the molecule is COC(O)c1cccn1C. The van der Waals surface area contributed by atoms with Crippen LogP contribution in [0, 0.1) is 0 Å². The molecule has 0 aliphatic rings. The summed E-state index contributed by atoms with van der Waals surface area (Å²) < 4.78 is 6.52. The van der Waals surface area contributed by atoms with Gasteiger partial charge in [-0.15, -0.1) is 0 Å². The fourth-order valence-corrected chi connectivity index (χ4v) is 0.852. The molecule has 3 nitrogen and oxygen atoms in total. The summed E-state index contributed by atoms with van der Waals surface area (Å²) in [6, 6.07) is 3.67. The molecule has 1 aromatic heterocycles. The smallest absolute Gasteiger partial charge is 0.196 e. The molecule has 0 amide bonds. The van der Waals surface area contributed by atoms with Crippen molar-refractivity contribution in [1.82, 2.24) is 4.57 Å². The van der Waals surface area contributed by atoms with E-state index >= 15 is 0 Å². The second-order valence-electron chi connectivity index (χ2n) is 2.13. The highest BCUT2D eigenvalue weighted by Gasteiger charge is 2.06. The molecular formula is C7H11NO2. The number of hydrogen-bond donors (Lipinski definition) is 1. The molecule has 0 aliphatic heterocycles. The zero-order chi connectivity index (χ0) is 7.56. The van der Waals surface area contributed by atoms with E-state index in [-0.39, 0.29) is 0 Å². The van der Waals surface area contributed by atoms with Gasteiger partial charge in [0.2, 0.25) is 0 Å². The van der Waals surface area contributed by atoms with Crippen LogP contribution in [0.4, 0.5) is 0 Å². The summed E-state index contributed by atoms with van der Waals surface area (Å²) in [7, 11) is 3.33. The molecule has 0 saturated heterocycles. The summed E-state index contributed by atoms with van der Waals surface area (Å²) >= 11 is 0. The van der Waals surface area contributed by atoms with E-state index < -0.39 is 6.29 Å². The quantitative estimate of drug-likeness (QED) is 0.614. The van der Waals surface area contributed by atoms with Crippen LogP contribution in [0.3, 0.4) is 0 Å². The number of aromatic nitrogens is 1. The van der Waals surface area contributed by atoms with Gasteiger partial charge in [0.05, 0.1) is 5.69 Å². The van der Waals surface area contributed by atoms with Gasteiger partial charge in [-0.05, 0) is 12.1 Å². The van der Waals surface area contributed by atoms with Crippen LogP contribution in [0.5, 0.6) is 0 Å². The fourth-order valence-electron chi connectivity index (χ4n) is 0.852. The zero-order valence-corrected chi connectivity index (χ0v) is 6.11. The molecule has 1 N–H and O–H groups in total. The van der Waals surface area contributed by atoms with E-state index in [2.05, 4.69) is 0 Å². The number of methoxy groups -OCH3 is 1. The van der Waals surface area contributed by atoms with Crippen molar-refractivity contribution in [3.8, 4) is 0 Å². The largest absolute Gasteiger partial charge is 0.363 e. The Balaban J connectivity index is 2.82. The average molecular weight is 141 g/mol. The molecule has 0 spiro atoms. The van der Waals surface area contributed by atoms with Crippen LogP contribution >= 0.6 is 0 Å². The van der Waals surface area contributed by atoms with Gasteiger partial charge in [-0.1, -0.05) is 0 Å². The van der Waals surface area contributed by atoms with Crippen molar-refractivity contribution in [3.63, 3.8) is 0 Å². The Morgan fingerprint density at radius 2 is 2.40 bits per heavy atom. The summed E-state index contributed by atoms with van der Waals surface area (Å²) in [4.78, 5) is 0. The Kier molecular flexibility index (Phi) is 2.09. The second-order valence-corrected chi connectivity index (χ2v) is 2.13. The maximum Gasteiger partial charge on any atom is 0.196 e. The number of hydrogen-bond acceptors (Lipinski definition) is 2. The normalized spacial score (nSPS) is 13.5. The van der Waals surface area contributed by atoms with Gasteiger partial charge in [0, 0.05) is 20.4 Å². The number of ether oxygens (including phenoxy) is 1.